The largest absolute Gasteiger partial charge is 0.330 e. The number of benzene rings is 2. The van der Waals surface area contributed by atoms with E-state index in [4.69, 9.17) is 5.73 Å². The number of allylic oxidation sites excluding steroid dienone is 1. The van der Waals surface area contributed by atoms with Crippen LogP contribution in [-0.4, -0.2) is 12.3 Å². The van der Waals surface area contributed by atoms with Crippen molar-refractivity contribution in [1.29, 1.82) is 0 Å². The minimum atomic E-state index is 0.749. The minimum Gasteiger partial charge on any atom is -0.330 e. The summed E-state index contributed by atoms with van der Waals surface area (Å²) < 4.78 is 0. The number of aryl methyl sites for hydroxylation is 2. The van der Waals surface area contributed by atoms with E-state index in [9.17, 15) is 0 Å². The summed E-state index contributed by atoms with van der Waals surface area (Å²) >= 11 is 1.80. The Morgan fingerprint density at radius 3 is 2.37 bits per heavy atom. The molecular formula is C25H35NS. The predicted octanol–water partition coefficient (Wildman–Crippen LogP) is 6.82. The Morgan fingerprint density at radius 2 is 1.74 bits per heavy atom. The topological polar surface area (TPSA) is 26.0 Å². The second kappa shape index (κ2) is 12.0. The molecule has 1 nitrogen and oxygen atoms in total. The van der Waals surface area contributed by atoms with Gasteiger partial charge in [0.2, 0.25) is 0 Å². The van der Waals surface area contributed by atoms with Crippen LogP contribution in [0.5, 0.6) is 0 Å². The van der Waals surface area contributed by atoms with Gasteiger partial charge in [0.05, 0.1) is 0 Å². The molecule has 1 fully saturated rings. The number of thioether (sulfide) groups is 1. The van der Waals surface area contributed by atoms with Gasteiger partial charge in [0.1, 0.15) is 0 Å². The summed E-state index contributed by atoms with van der Waals surface area (Å²) in [5.41, 5.74) is 11.1. The fraction of sp³-hybridized carbons (Fsp3) is 0.440. The van der Waals surface area contributed by atoms with Crippen molar-refractivity contribution in [2.45, 2.75) is 63.2 Å². The van der Waals surface area contributed by atoms with Crippen LogP contribution in [0.2, 0.25) is 0 Å². The second-order valence-corrected chi connectivity index (χ2v) is 8.63. The van der Waals surface area contributed by atoms with E-state index in [1.54, 1.807) is 17.3 Å². The molecular weight excluding hydrogens is 346 g/mol. The van der Waals surface area contributed by atoms with Crippen LogP contribution < -0.4 is 5.73 Å². The molecule has 0 bridgehead atoms. The smallest absolute Gasteiger partial charge is 0.0103 e. The molecule has 0 radical (unpaired) electrons. The summed E-state index contributed by atoms with van der Waals surface area (Å²) in [5.74, 6) is 1.82. The van der Waals surface area contributed by atoms with Gasteiger partial charge >= 0.3 is 0 Å². The van der Waals surface area contributed by atoms with Gasteiger partial charge in [0.15, 0.2) is 0 Å². The molecule has 146 valence electrons. The lowest BCUT2D eigenvalue weighted by atomic mass is 9.83. The Hall–Kier alpha value is -1.51. The molecule has 0 aromatic heterocycles. The van der Waals surface area contributed by atoms with E-state index in [2.05, 4.69) is 62.9 Å². The van der Waals surface area contributed by atoms with Crippen LogP contribution >= 0.6 is 11.8 Å². The molecule has 0 spiro atoms. The summed E-state index contributed by atoms with van der Waals surface area (Å²) in [7, 11) is 0. The van der Waals surface area contributed by atoms with Gasteiger partial charge in [0, 0.05) is 17.2 Å². The number of rotatable bonds is 6. The van der Waals surface area contributed by atoms with Gasteiger partial charge in [-0.15, -0.1) is 18.3 Å². The first-order valence-corrected chi connectivity index (χ1v) is 11.2. The molecule has 0 unspecified atom stereocenters. The first-order chi connectivity index (χ1) is 13.1. The third-order valence-corrected chi connectivity index (χ3v) is 6.27. The summed E-state index contributed by atoms with van der Waals surface area (Å²) in [4.78, 5) is 1.31. The van der Waals surface area contributed by atoms with Crippen molar-refractivity contribution < 1.29 is 0 Å². The Balaban J connectivity index is 0.000000208. The van der Waals surface area contributed by atoms with Crippen LogP contribution in [0.3, 0.4) is 0 Å². The molecule has 3 rings (SSSR count). The lowest BCUT2D eigenvalue weighted by Gasteiger charge is -2.22. The van der Waals surface area contributed by atoms with Crippen LogP contribution in [0.25, 0.3) is 0 Å². The predicted molar refractivity (Wildman–Crippen MR) is 122 cm³/mol. The first kappa shape index (κ1) is 21.8. The van der Waals surface area contributed by atoms with Crippen molar-refractivity contribution in [3.63, 3.8) is 0 Å². The van der Waals surface area contributed by atoms with Gasteiger partial charge in [-0.05, 0) is 67.9 Å². The van der Waals surface area contributed by atoms with Gasteiger partial charge in [-0.1, -0.05) is 61.2 Å². The maximum absolute atomic E-state index is 5.39. The van der Waals surface area contributed by atoms with E-state index in [0.29, 0.717) is 0 Å². The molecule has 1 aliphatic carbocycles. The normalized spacial score (nSPS) is 14.3. The number of hydrogen-bond donors (Lipinski definition) is 1. The van der Waals surface area contributed by atoms with Crippen LogP contribution in [0.4, 0.5) is 0 Å². The summed E-state index contributed by atoms with van der Waals surface area (Å²) in [6.45, 7) is 8.88. The summed E-state index contributed by atoms with van der Waals surface area (Å²) in [5, 5.41) is 0. The van der Waals surface area contributed by atoms with E-state index < -0.39 is 0 Å². The van der Waals surface area contributed by atoms with E-state index in [-0.39, 0.29) is 0 Å². The highest BCUT2D eigenvalue weighted by Gasteiger charge is 2.15. The standard InChI is InChI=1S/C16H22.C9H13NS/c1-3-7-15-12-16(11-10-13(15)2)14-8-5-4-6-9-14;1-8-2-4-9(5-3-8)11-7-6-10/h3,10-12,14H,1,4-9H2,2H3;2-5H,6-7,10H2,1H3. The van der Waals surface area contributed by atoms with Crippen molar-refractivity contribution in [3.8, 4) is 0 Å². The Kier molecular flexibility index (Phi) is 9.72. The molecule has 2 N–H and O–H groups in total. The SMILES string of the molecule is C=CCc1cc(C2CCCCC2)ccc1C.Cc1ccc(SCCN)cc1. The highest BCUT2D eigenvalue weighted by Crippen LogP contribution is 2.33. The fourth-order valence-electron chi connectivity index (χ4n) is 3.57. The monoisotopic (exact) mass is 381 g/mol. The van der Waals surface area contributed by atoms with Gasteiger partial charge in [0.25, 0.3) is 0 Å². The molecule has 0 aliphatic heterocycles. The lowest BCUT2D eigenvalue weighted by Crippen LogP contribution is -2.05. The van der Waals surface area contributed by atoms with E-state index in [1.165, 1.54) is 53.7 Å². The molecule has 2 aromatic carbocycles. The van der Waals surface area contributed by atoms with E-state index in [0.717, 1.165) is 24.6 Å². The highest BCUT2D eigenvalue weighted by molar-refractivity contribution is 7.99. The summed E-state index contributed by atoms with van der Waals surface area (Å²) in [6.07, 6.45) is 10.0. The minimum absolute atomic E-state index is 0.749. The van der Waals surface area contributed by atoms with Crippen LogP contribution in [0, 0.1) is 13.8 Å². The van der Waals surface area contributed by atoms with Crippen LogP contribution in [0.15, 0.2) is 60.0 Å². The van der Waals surface area contributed by atoms with Crippen LogP contribution in [-0.2, 0) is 6.42 Å². The van der Waals surface area contributed by atoms with Crippen molar-refractivity contribution in [1.82, 2.24) is 0 Å². The number of nitrogens with two attached hydrogens (primary N) is 1. The fourth-order valence-corrected chi connectivity index (χ4v) is 4.25. The lowest BCUT2D eigenvalue weighted by molar-refractivity contribution is 0.443. The maximum atomic E-state index is 5.39. The zero-order chi connectivity index (χ0) is 19.5. The third kappa shape index (κ3) is 7.56. The Bertz CT molecular complexity index is 684. The first-order valence-electron chi connectivity index (χ1n) is 10.2. The quantitative estimate of drug-likeness (QED) is 0.439. The zero-order valence-electron chi connectivity index (χ0n) is 17.0. The maximum Gasteiger partial charge on any atom is 0.0103 e. The molecule has 2 heteroatoms. The van der Waals surface area contributed by atoms with Gasteiger partial charge in [-0.2, -0.15) is 0 Å². The molecule has 0 amide bonds. The van der Waals surface area contributed by atoms with Crippen molar-refractivity contribution in [2.24, 2.45) is 5.73 Å². The van der Waals surface area contributed by atoms with Gasteiger partial charge in [-0.25, -0.2) is 0 Å². The molecule has 0 atom stereocenters. The molecule has 27 heavy (non-hydrogen) atoms. The van der Waals surface area contributed by atoms with Gasteiger partial charge in [-0.3, -0.25) is 0 Å². The number of hydrogen-bond acceptors (Lipinski definition) is 2. The van der Waals surface area contributed by atoms with Crippen molar-refractivity contribution in [3.05, 3.63) is 77.4 Å². The Morgan fingerprint density at radius 1 is 1.04 bits per heavy atom. The Labute approximate surface area is 170 Å². The van der Waals surface area contributed by atoms with E-state index >= 15 is 0 Å². The molecule has 0 saturated heterocycles. The second-order valence-electron chi connectivity index (χ2n) is 7.46. The zero-order valence-corrected chi connectivity index (χ0v) is 17.9. The summed E-state index contributed by atoms with van der Waals surface area (Å²) in [6, 6.07) is 15.5. The molecule has 0 heterocycles. The average molecular weight is 382 g/mol. The van der Waals surface area contributed by atoms with Crippen molar-refractivity contribution >= 4 is 11.8 Å². The third-order valence-electron chi connectivity index (χ3n) is 5.22. The highest BCUT2D eigenvalue weighted by atomic mass is 32.2. The average Bonchev–Trinajstić information content (AvgIpc) is 2.71. The molecule has 2 aromatic rings. The molecule has 1 aliphatic rings. The van der Waals surface area contributed by atoms with Crippen LogP contribution in [0.1, 0.15) is 60.3 Å². The molecule has 1 saturated carbocycles. The van der Waals surface area contributed by atoms with Gasteiger partial charge < -0.3 is 5.73 Å². The van der Waals surface area contributed by atoms with E-state index in [1.807, 2.05) is 6.08 Å². The van der Waals surface area contributed by atoms with Crippen molar-refractivity contribution in [2.75, 3.05) is 12.3 Å².